The van der Waals surface area contributed by atoms with Gasteiger partial charge in [-0.05, 0) is 30.2 Å². The molecule has 1 fully saturated rings. The fourth-order valence-electron chi connectivity index (χ4n) is 4.70. The smallest absolute Gasteiger partial charge is 0.269 e. The molecule has 0 bridgehead atoms. The maximum atomic E-state index is 11.1. The lowest BCUT2D eigenvalue weighted by molar-refractivity contribution is -0.384. The Balaban J connectivity index is 1.56. The van der Waals surface area contributed by atoms with Crippen molar-refractivity contribution in [3.63, 3.8) is 0 Å². The third-order valence-corrected chi connectivity index (χ3v) is 6.29. The van der Waals surface area contributed by atoms with Gasteiger partial charge in [0.05, 0.1) is 11.5 Å². The average molecular weight is 475 g/mol. The molecule has 184 valence electrons. The Morgan fingerprint density at radius 3 is 2.47 bits per heavy atom. The van der Waals surface area contributed by atoms with Crippen LogP contribution in [0.15, 0.2) is 42.5 Å². The highest BCUT2D eigenvalue weighted by Gasteiger charge is 2.48. The fraction of sp³-hybridized carbons (Fsp3) is 0.500. The summed E-state index contributed by atoms with van der Waals surface area (Å²) >= 11 is 0. The molecular weight excluding hydrogens is 444 g/mol. The van der Waals surface area contributed by atoms with E-state index < -0.39 is 24.6 Å². The predicted octanol–water partition coefficient (Wildman–Crippen LogP) is 3.08. The minimum absolute atomic E-state index is 0.102. The van der Waals surface area contributed by atoms with Gasteiger partial charge in [0.15, 0.2) is 0 Å². The average Bonchev–Trinajstić information content (AvgIpc) is 3.27. The molecule has 2 heterocycles. The summed E-state index contributed by atoms with van der Waals surface area (Å²) in [5.41, 5.74) is 2.92. The van der Waals surface area contributed by atoms with Crippen LogP contribution in [-0.2, 0) is 30.1 Å². The summed E-state index contributed by atoms with van der Waals surface area (Å²) in [5, 5.41) is 11.1. The zero-order valence-electron chi connectivity index (χ0n) is 19.7. The molecule has 4 rings (SSSR count). The van der Waals surface area contributed by atoms with Crippen molar-refractivity contribution in [3.8, 4) is 5.75 Å². The number of nitrogens with zero attached hydrogens (tertiary/aromatic N) is 2. The number of fused-ring (bicyclic) bond motifs is 1. The standard InChI is InChI=1S/C24H30N2O8/c1-29-14-20-21(30-2)22(31-3)23(32-4)24(34-20)33-18-7-5-6-16(13-18)25-11-10-15-12-17(26(27)28)8-9-19(15)25/h5-9,12-13,20-24H,10-11,14H2,1-4H3/t20?,21-,22?,23-,24+/m1/s1. The topological polar surface area (TPSA) is 102 Å². The molecular formula is C24H30N2O8. The Morgan fingerprint density at radius 1 is 1.03 bits per heavy atom. The Bertz CT molecular complexity index is 1000. The van der Waals surface area contributed by atoms with Gasteiger partial charge in [-0.2, -0.15) is 0 Å². The summed E-state index contributed by atoms with van der Waals surface area (Å²) in [6, 6.07) is 12.6. The van der Waals surface area contributed by atoms with Gasteiger partial charge in [-0.3, -0.25) is 10.1 Å². The van der Waals surface area contributed by atoms with Crippen LogP contribution in [0.3, 0.4) is 0 Å². The Kier molecular flexibility index (Phi) is 7.64. The zero-order chi connectivity index (χ0) is 24.2. The maximum absolute atomic E-state index is 11.1. The summed E-state index contributed by atoms with van der Waals surface area (Å²) < 4.78 is 34.7. The second-order valence-electron chi connectivity index (χ2n) is 8.19. The molecule has 0 N–H and O–H groups in total. The van der Waals surface area contributed by atoms with E-state index in [9.17, 15) is 10.1 Å². The van der Waals surface area contributed by atoms with E-state index in [4.69, 9.17) is 28.4 Å². The van der Waals surface area contributed by atoms with Crippen molar-refractivity contribution in [1.82, 2.24) is 0 Å². The molecule has 0 saturated carbocycles. The maximum Gasteiger partial charge on any atom is 0.269 e. The monoisotopic (exact) mass is 474 g/mol. The Labute approximate surface area is 198 Å². The number of anilines is 2. The van der Waals surface area contributed by atoms with E-state index in [0.29, 0.717) is 12.4 Å². The van der Waals surface area contributed by atoms with Crippen molar-refractivity contribution in [2.45, 2.75) is 37.1 Å². The van der Waals surface area contributed by atoms with Crippen LogP contribution in [-0.4, -0.2) is 77.2 Å². The first-order chi connectivity index (χ1) is 16.5. The second kappa shape index (κ2) is 10.7. The van der Waals surface area contributed by atoms with E-state index in [0.717, 1.165) is 29.9 Å². The molecule has 0 aromatic heterocycles. The summed E-state index contributed by atoms with van der Waals surface area (Å²) in [6.07, 6.45) is -1.75. The van der Waals surface area contributed by atoms with Crippen LogP contribution in [0.25, 0.3) is 0 Å². The third-order valence-electron chi connectivity index (χ3n) is 6.29. The van der Waals surface area contributed by atoms with Gasteiger partial charge >= 0.3 is 0 Å². The highest BCUT2D eigenvalue weighted by molar-refractivity contribution is 5.72. The van der Waals surface area contributed by atoms with Crippen molar-refractivity contribution in [2.75, 3.05) is 46.5 Å². The molecule has 0 spiro atoms. The van der Waals surface area contributed by atoms with E-state index in [1.165, 1.54) is 6.07 Å². The van der Waals surface area contributed by atoms with Gasteiger partial charge in [-0.1, -0.05) is 6.07 Å². The van der Waals surface area contributed by atoms with E-state index in [1.807, 2.05) is 24.3 Å². The van der Waals surface area contributed by atoms with Crippen LogP contribution in [0.1, 0.15) is 5.56 Å². The van der Waals surface area contributed by atoms with Crippen molar-refractivity contribution >= 4 is 17.1 Å². The molecule has 2 aromatic rings. The van der Waals surface area contributed by atoms with Crippen molar-refractivity contribution in [2.24, 2.45) is 0 Å². The van der Waals surface area contributed by atoms with E-state index in [1.54, 1.807) is 40.6 Å². The minimum Gasteiger partial charge on any atom is -0.462 e. The Hall–Kier alpha value is -2.76. The summed E-state index contributed by atoms with van der Waals surface area (Å²) in [7, 11) is 6.38. The van der Waals surface area contributed by atoms with Crippen LogP contribution in [0, 0.1) is 10.1 Å². The molecule has 10 heteroatoms. The number of hydrogen-bond acceptors (Lipinski definition) is 9. The highest BCUT2D eigenvalue weighted by atomic mass is 16.7. The van der Waals surface area contributed by atoms with E-state index in [2.05, 4.69) is 4.90 Å². The first-order valence-electron chi connectivity index (χ1n) is 11.0. The molecule has 2 unspecified atom stereocenters. The summed E-state index contributed by atoms with van der Waals surface area (Å²) in [5.74, 6) is 0.599. The van der Waals surface area contributed by atoms with E-state index >= 15 is 0 Å². The molecule has 1 saturated heterocycles. The number of nitro groups is 1. The number of rotatable bonds is 9. The summed E-state index contributed by atoms with van der Waals surface area (Å²) in [6.45, 7) is 1.03. The minimum atomic E-state index is -0.745. The van der Waals surface area contributed by atoms with Gasteiger partial charge in [0.1, 0.15) is 30.2 Å². The second-order valence-corrected chi connectivity index (χ2v) is 8.19. The number of benzene rings is 2. The molecule has 5 atom stereocenters. The van der Waals surface area contributed by atoms with Crippen molar-refractivity contribution in [1.29, 1.82) is 0 Å². The van der Waals surface area contributed by atoms with Gasteiger partial charge in [-0.25, -0.2) is 0 Å². The van der Waals surface area contributed by atoms with Crippen molar-refractivity contribution in [3.05, 3.63) is 58.1 Å². The number of non-ortho nitro benzene ring substituents is 1. The van der Waals surface area contributed by atoms with Crippen LogP contribution < -0.4 is 9.64 Å². The molecule has 0 aliphatic carbocycles. The largest absolute Gasteiger partial charge is 0.462 e. The third kappa shape index (κ3) is 4.73. The number of ether oxygens (including phenoxy) is 6. The Morgan fingerprint density at radius 2 is 1.79 bits per heavy atom. The van der Waals surface area contributed by atoms with Crippen LogP contribution in [0.5, 0.6) is 5.75 Å². The lowest BCUT2D eigenvalue weighted by Crippen LogP contribution is -2.62. The fourth-order valence-corrected chi connectivity index (χ4v) is 4.70. The quantitative estimate of drug-likeness (QED) is 0.401. The molecule has 0 amide bonds. The summed E-state index contributed by atoms with van der Waals surface area (Å²) in [4.78, 5) is 12.9. The number of nitro benzene ring substituents is 1. The van der Waals surface area contributed by atoms with Gasteiger partial charge in [0.25, 0.3) is 5.69 Å². The molecule has 2 aliphatic rings. The first-order valence-corrected chi connectivity index (χ1v) is 11.0. The molecule has 34 heavy (non-hydrogen) atoms. The SMILES string of the molecule is COCC1O[C@H](Oc2cccc(N3CCc4cc([N+](=O)[O-])ccc43)c2)[C@H](OC)C(OC)[C@@H]1OC. The van der Waals surface area contributed by atoms with Gasteiger partial charge in [-0.15, -0.1) is 0 Å². The molecule has 10 nitrogen and oxygen atoms in total. The van der Waals surface area contributed by atoms with Crippen LogP contribution in [0.4, 0.5) is 17.1 Å². The van der Waals surface area contributed by atoms with Crippen molar-refractivity contribution < 1.29 is 33.3 Å². The van der Waals surface area contributed by atoms with E-state index in [-0.39, 0.29) is 16.7 Å². The number of methoxy groups -OCH3 is 4. The molecule has 0 radical (unpaired) electrons. The normalized spacial score (nSPS) is 26.4. The predicted molar refractivity (Wildman–Crippen MR) is 124 cm³/mol. The highest BCUT2D eigenvalue weighted by Crippen LogP contribution is 2.38. The lowest BCUT2D eigenvalue weighted by Gasteiger charge is -2.44. The first kappa shape index (κ1) is 24.4. The van der Waals surface area contributed by atoms with Gasteiger partial charge in [0, 0.05) is 64.6 Å². The van der Waals surface area contributed by atoms with Crippen LogP contribution in [0.2, 0.25) is 0 Å². The lowest BCUT2D eigenvalue weighted by atomic mass is 9.98. The van der Waals surface area contributed by atoms with Gasteiger partial charge < -0.3 is 33.3 Å². The molecule has 2 aliphatic heterocycles. The molecule has 2 aromatic carbocycles. The van der Waals surface area contributed by atoms with Gasteiger partial charge in [0.2, 0.25) is 6.29 Å². The number of hydrogen-bond donors (Lipinski definition) is 0. The zero-order valence-corrected chi connectivity index (χ0v) is 19.7. The van der Waals surface area contributed by atoms with Crippen LogP contribution >= 0.6 is 0 Å².